The van der Waals surface area contributed by atoms with Crippen molar-refractivity contribution < 1.29 is 23.9 Å². The van der Waals surface area contributed by atoms with Crippen molar-refractivity contribution in [2.75, 3.05) is 31.0 Å². The van der Waals surface area contributed by atoms with Gasteiger partial charge in [0.15, 0.2) is 11.6 Å². The summed E-state index contributed by atoms with van der Waals surface area (Å²) in [5.41, 5.74) is 2.85. The molecule has 3 heterocycles. The number of benzene rings is 3. The zero-order valence-corrected chi connectivity index (χ0v) is 22.8. The number of carbonyl (C=O) groups is 4. The lowest BCUT2D eigenvalue weighted by Crippen LogP contribution is -2.52. The maximum atomic E-state index is 14.0. The van der Waals surface area contributed by atoms with Crippen molar-refractivity contribution in [2.24, 2.45) is 11.8 Å². The van der Waals surface area contributed by atoms with Crippen molar-refractivity contribution in [3.05, 3.63) is 95.0 Å². The number of ketones is 2. The van der Waals surface area contributed by atoms with E-state index in [0.717, 1.165) is 5.56 Å². The number of para-hydroxylation sites is 2. The highest BCUT2D eigenvalue weighted by Gasteiger charge is 2.53. The molecule has 2 amide bonds. The Morgan fingerprint density at radius 3 is 1.88 bits per heavy atom. The minimum absolute atomic E-state index is 0.349. The van der Waals surface area contributed by atoms with Gasteiger partial charge in [-0.15, -0.1) is 11.3 Å². The number of rotatable bonds is 5. The highest BCUT2D eigenvalue weighted by Crippen LogP contribution is 2.45. The van der Waals surface area contributed by atoms with Crippen LogP contribution in [0.3, 0.4) is 0 Å². The van der Waals surface area contributed by atoms with E-state index in [-0.39, 0.29) is 0 Å². The van der Waals surface area contributed by atoms with E-state index in [0.29, 0.717) is 39.0 Å². The first-order chi connectivity index (χ1) is 19.3. The van der Waals surface area contributed by atoms with Crippen molar-refractivity contribution in [2.45, 2.75) is 5.92 Å². The summed E-state index contributed by atoms with van der Waals surface area (Å²) in [6.45, 7) is 0. The monoisotopic (exact) mass is 551 g/mol. The number of nitrogens with zero attached hydrogens (tertiary/aromatic N) is 3. The Balaban J connectivity index is 1.53. The van der Waals surface area contributed by atoms with Gasteiger partial charge in [0.1, 0.15) is 22.6 Å². The van der Waals surface area contributed by atoms with Gasteiger partial charge < -0.3 is 14.5 Å². The molecule has 9 heteroatoms. The molecule has 0 saturated carbocycles. The van der Waals surface area contributed by atoms with Crippen molar-refractivity contribution in [3.8, 4) is 16.3 Å². The van der Waals surface area contributed by atoms with Gasteiger partial charge in [-0.3, -0.25) is 19.2 Å². The molecule has 0 radical (unpaired) electrons. The predicted octanol–water partition coefficient (Wildman–Crippen LogP) is 4.85. The van der Waals surface area contributed by atoms with Gasteiger partial charge in [0.2, 0.25) is 11.8 Å². The van der Waals surface area contributed by atoms with E-state index < -0.39 is 41.1 Å². The van der Waals surface area contributed by atoms with Gasteiger partial charge in [-0.2, -0.15) is 0 Å². The van der Waals surface area contributed by atoms with Crippen molar-refractivity contribution in [3.63, 3.8) is 0 Å². The smallest absolute Gasteiger partial charge is 0.238 e. The summed E-state index contributed by atoms with van der Waals surface area (Å²) in [6.07, 6.45) is 0. The normalized spacial score (nSPS) is 18.7. The van der Waals surface area contributed by atoms with E-state index in [4.69, 9.17) is 9.72 Å². The molecule has 2 aliphatic rings. The highest BCUT2D eigenvalue weighted by atomic mass is 32.1. The highest BCUT2D eigenvalue weighted by molar-refractivity contribution is 7.13. The number of amides is 2. The zero-order chi connectivity index (χ0) is 28.1. The van der Waals surface area contributed by atoms with Gasteiger partial charge in [0.25, 0.3) is 0 Å². The van der Waals surface area contributed by atoms with Crippen LogP contribution in [0.15, 0.2) is 78.2 Å². The van der Waals surface area contributed by atoms with Crippen LogP contribution in [0, 0.1) is 11.8 Å². The molecule has 0 aliphatic carbocycles. The fraction of sp³-hybridized carbons (Fsp3) is 0.194. The molecule has 6 rings (SSSR count). The summed E-state index contributed by atoms with van der Waals surface area (Å²) in [6, 6.07) is 21.1. The van der Waals surface area contributed by atoms with E-state index in [9.17, 15) is 19.2 Å². The molecule has 0 N–H and O–H groups in total. The molecule has 2 aliphatic heterocycles. The molecule has 0 saturated heterocycles. The lowest BCUT2D eigenvalue weighted by atomic mass is 9.69. The third-order valence-corrected chi connectivity index (χ3v) is 8.63. The summed E-state index contributed by atoms with van der Waals surface area (Å²) in [5, 5.41) is 2.36. The number of anilines is 2. The average Bonchev–Trinajstić information content (AvgIpc) is 3.48. The summed E-state index contributed by atoms with van der Waals surface area (Å²) >= 11 is 1.32. The first-order valence-electron chi connectivity index (χ1n) is 12.7. The molecular weight excluding hydrogens is 526 g/mol. The third kappa shape index (κ3) is 3.93. The van der Waals surface area contributed by atoms with Crippen LogP contribution in [0.1, 0.15) is 32.3 Å². The molecule has 0 fully saturated rings. The molecule has 8 nitrogen and oxygen atoms in total. The summed E-state index contributed by atoms with van der Waals surface area (Å²) in [4.78, 5) is 63.5. The number of hydrogen-bond donors (Lipinski definition) is 0. The van der Waals surface area contributed by atoms with Crippen LogP contribution in [0.2, 0.25) is 0 Å². The number of fused-ring (bicyclic) bond motifs is 2. The number of carbonyl (C=O) groups excluding carboxylic acids is 4. The molecule has 2 atom stereocenters. The van der Waals surface area contributed by atoms with Crippen LogP contribution in [-0.4, -0.2) is 49.6 Å². The van der Waals surface area contributed by atoms with Crippen LogP contribution < -0.4 is 14.5 Å². The maximum Gasteiger partial charge on any atom is 0.238 e. The predicted molar refractivity (Wildman–Crippen MR) is 152 cm³/mol. The fourth-order valence-electron chi connectivity index (χ4n) is 5.66. The number of hydrogen-bond acceptors (Lipinski definition) is 7. The van der Waals surface area contributed by atoms with E-state index in [1.54, 1.807) is 75.1 Å². The van der Waals surface area contributed by atoms with E-state index in [2.05, 4.69) is 0 Å². The van der Waals surface area contributed by atoms with Crippen LogP contribution in [0.4, 0.5) is 11.4 Å². The van der Waals surface area contributed by atoms with Crippen LogP contribution in [-0.2, 0) is 9.59 Å². The minimum atomic E-state index is -1.31. The largest absolute Gasteiger partial charge is 0.497 e. The Hall–Kier alpha value is -4.63. The second-order valence-electron chi connectivity index (χ2n) is 9.85. The van der Waals surface area contributed by atoms with E-state index >= 15 is 0 Å². The van der Waals surface area contributed by atoms with Crippen molar-refractivity contribution >= 4 is 46.1 Å². The van der Waals surface area contributed by atoms with E-state index in [1.165, 1.54) is 21.1 Å². The zero-order valence-electron chi connectivity index (χ0n) is 22.0. The fourth-order valence-corrected chi connectivity index (χ4v) is 6.52. The summed E-state index contributed by atoms with van der Waals surface area (Å²) < 4.78 is 5.35. The quantitative estimate of drug-likeness (QED) is 0.329. The second-order valence-corrected chi connectivity index (χ2v) is 10.7. The van der Waals surface area contributed by atoms with Gasteiger partial charge in [-0.05, 0) is 36.4 Å². The molecule has 4 aromatic rings. The maximum absolute atomic E-state index is 14.0. The first kappa shape index (κ1) is 25.6. The molecule has 3 aromatic carbocycles. The van der Waals surface area contributed by atoms with Gasteiger partial charge in [-0.1, -0.05) is 36.4 Å². The summed E-state index contributed by atoms with van der Waals surface area (Å²) in [7, 11) is 4.78. The molecule has 0 spiro atoms. The number of Topliss-reactive ketones (excluding diaryl/α,β-unsaturated/α-hetero) is 2. The standard InChI is InChI=1S/C31H25N3O5S/c1-33-22-13-6-4-11-19(22)27(35)25(30(33)37)24(21-16-40-29(32-21)17-9-8-10-18(15-17)39-3)26-28(36)20-12-5-7-14-23(20)34(2)31(26)38/h4-16,24-26H,1-3H3/t25-,26-/m0/s1. The molecule has 0 bridgehead atoms. The molecule has 200 valence electrons. The molecule has 0 unspecified atom stereocenters. The van der Waals surface area contributed by atoms with Crippen LogP contribution in [0.25, 0.3) is 10.6 Å². The molecule has 1 aromatic heterocycles. The first-order valence-corrected chi connectivity index (χ1v) is 13.6. The van der Waals surface area contributed by atoms with Crippen LogP contribution >= 0.6 is 11.3 Å². The lowest BCUT2D eigenvalue weighted by Gasteiger charge is -2.39. The average molecular weight is 552 g/mol. The SMILES string of the molecule is COc1cccc(-c2nc(C([C@H]3C(=O)c4ccccc4N(C)C3=O)[C@H]3C(=O)c4ccccc4N(C)C3=O)cs2)c1. The Morgan fingerprint density at radius 2 is 1.32 bits per heavy atom. The number of aromatic nitrogens is 1. The third-order valence-electron chi connectivity index (χ3n) is 7.72. The number of thiazole rings is 1. The van der Waals surface area contributed by atoms with Crippen LogP contribution in [0.5, 0.6) is 5.75 Å². The Kier molecular flexibility index (Phi) is 6.31. The Labute approximate surface area is 234 Å². The van der Waals surface area contributed by atoms with Crippen molar-refractivity contribution in [1.29, 1.82) is 0 Å². The van der Waals surface area contributed by atoms with Gasteiger partial charge in [0, 0.05) is 42.1 Å². The molecule has 40 heavy (non-hydrogen) atoms. The summed E-state index contributed by atoms with van der Waals surface area (Å²) in [5.74, 6) is -4.89. The second kappa shape index (κ2) is 9.84. The Morgan fingerprint density at radius 1 is 0.775 bits per heavy atom. The number of ether oxygens (including phenoxy) is 1. The topological polar surface area (TPSA) is 96.9 Å². The minimum Gasteiger partial charge on any atom is -0.497 e. The lowest BCUT2D eigenvalue weighted by molar-refractivity contribution is -0.124. The van der Waals surface area contributed by atoms with Crippen molar-refractivity contribution in [1.82, 2.24) is 4.98 Å². The van der Waals surface area contributed by atoms with Gasteiger partial charge in [0.05, 0.1) is 24.2 Å². The van der Waals surface area contributed by atoms with Gasteiger partial charge >= 0.3 is 0 Å². The molecular formula is C31H25N3O5S. The van der Waals surface area contributed by atoms with E-state index in [1.807, 2.05) is 24.3 Å². The van der Waals surface area contributed by atoms with Gasteiger partial charge in [-0.25, -0.2) is 4.98 Å². The Bertz CT molecular complexity index is 1610. The number of methoxy groups -OCH3 is 1.